The molecule has 1 aromatic rings. The van der Waals surface area contributed by atoms with Crippen LogP contribution < -0.4 is 9.64 Å². The largest absolute Gasteiger partial charge is 0.480 e. The molecule has 1 aromatic carbocycles. The lowest BCUT2D eigenvalue weighted by atomic mass is 10.00. The van der Waals surface area contributed by atoms with Crippen LogP contribution in [-0.4, -0.2) is 33.7 Å². The second kappa shape index (κ2) is 5.37. The minimum Gasteiger partial charge on any atom is -0.480 e. The molecule has 0 aliphatic carbocycles. The average Bonchev–Trinajstić information content (AvgIpc) is 2.42. The Kier molecular flexibility index (Phi) is 3.91. The molecule has 2 N–H and O–H groups in total. The Balaban J connectivity index is 2.59. The predicted molar refractivity (Wildman–Crippen MR) is 76.3 cm³/mol. The number of benzene rings is 1. The van der Waals surface area contributed by atoms with E-state index in [0.717, 1.165) is 0 Å². The molecule has 21 heavy (non-hydrogen) atoms. The van der Waals surface area contributed by atoms with Gasteiger partial charge < -0.3 is 14.9 Å². The number of carbonyl (C=O) groups is 2. The molecule has 1 unspecified atom stereocenters. The lowest BCUT2D eigenvalue weighted by Gasteiger charge is -2.41. The van der Waals surface area contributed by atoms with Crippen molar-refractivity contribution in [3.05, 3.63) is 23.8 Å². The molecule has 0 radical (unpaired) electrons. The lowest BCUT2D eigenvalue weighted by Crippen LogP contribution is -2.57. The Labute approximate surface area is 122 Å². The van der Waals surface area contributed by atoms with E-state index in [1.165, 1.54) is 4.90 Å². The molecule has 1 heterocycles. The van der Waals surface area contributed by atoms with E-state index in [0.29, 0.717) is 23.4 Å². The van der Waals surface area contributed by atoms with Gasteiger partial charge in [-0.05, 0) is 38.0 Å². The maximum Gasteiger partial charge on any atom is 0.326 e. The van der Waals surface area contributed by atoms with Crippen molar-refractivity contribution in [3.63, 3.8) is 0 Å². The third kappa shape index (κ3) is 2.58. The lowest BCUT2D eigenvalue weighted by molar-refractivity contribution is -0.143. The van der Waals surface area contributed by atoms with Crippen LogP contribution in [0.25, 0.3) is 0 Å². The monoisotopic (exact) mass is 293 g/mol. The number of aliphatic hydroxyl groups is 1. The van der Waals surface area contributed by atoms with Gasteiger partial charge in [-0.1, -0.05) is 13.0 Å². The number of amides is 1. The zero-order chi connectivity index (χ0) is 15.8. The Morgan fingerprint density at radius 3 is 2.62 bits per heavy atom. The van der Waals surface area contributed by atoms with E-state index in [9.17, 15) is 19.8 Å². The molecule has 0 saturated heterocycles. The highest BCUT2D eigenvalue weighted by Gasteiger charge is 2.45. The number of nitrogens with zero attached hydrogens (tertiary/aromatic N) is 1. The fourth-order valence-corrected chi connectivity index (χ4v) is 2.43. The number of carbonyl (C=O) groups excluding carboxylic acids is 1. The summed E-state index contributed by atoms with van der Waals surface area (Å²) in [5.74, 6) is -1.03. The zero-order valence-electron chi connectivity index (χ0n) is 12.3. The van der Waals surface area contributed by atoms with Gasteiger partial charge in [0, 0.05) is 0 Å². The van der Waals surface area contributed by atoms with Crippen molar-refractivity contribution in [1.29, 1.82) is 0 Å². The van der Waals surface area contributed by atoms with Gasteiger partial charge in [0.15, 0.2) is 5.60 Å². The van der Waals surface area contributed by atoms with Gasteiger partial charge in [0.05, 0.1) is 12.3 Å². The van der Waals surface area contributed by atoms with Crippen molar-refractivity contribution in [2.75, 3.05) is 4.90 Å². The van der Waals surface area contributed by atoms with Crippen molar-refractivity contribution in [1.82, 2.24) is 0 Å². The highest BCUT2D eigenvalue weighted by atomic mass is 16.5. The SMILES string of the molecule is CCC(C(=O)O)N1C(=O)C(C)(C)Oc2cc(CO)ccc21. The molecule has 0 spiro atoms. The van der Waals surface area contributed by atoms with Crippen LogP contribution in [0.4, 0.5) is 5.69 Å². The van der Waals surface area contributed by atoms with Gasteiger partial charge in [-0.25, -0.2) is 4.79 Å². The van der Waals surface area contributed by atoms with Gasteiger partial charge in [-0.3, -0.25) is 9.69 Å². The van der Waals surface area contributed by atoms with Crippen molar-refractivity contribution in [2.24, 2.45) is 0 Å². The van der Waals surface area contributed by atoms with Crippen LogP contribution in [-0.2, 0) is 16.2 Å². The Bertz CT molecular complexity index is 581. The molecule has 0 bridgehead atoms. The first-order valence-electron chi connectivity index (χ1n) is 6.81. The van der Waals surface area contributed by atoms with E-state index in [4.69, 9.17) is 4.74 Å². The molecule has 1 aliphatic rings. The van der Waals surface area contributed by atoms with Gasteiger partial charge in [0.1, 0.15) is 11.8 Å². The maximum absolute atomic E-state index is 12.6. The Morgan fingerprint density at radius 2 is 2.10 bits per heavy atom. The first kappa shape index (κ1) is 15.3. The second-order valence-corrected chi connectivity index (χ2v) is 5.51. The Morgan fingerprint density at radius 1 is 1.43 bits per heavy atom. The number of carboxylic acids is 1. The summed E-state index contributed by atoms with van der Waals surface area (Å²) in [5.41, 5.74) is -0.0859. The second-order valence-electron chi connectivity index (χ2n) is 5.51. The van der Waals surface area contributed by atoms with Crippen LogP contribution in [0.3, 0.4) is 0 Å². The topological polar surface area (TPSA) is 87.1 Å². The normalized spacial score (nSPS) is 17.9. The number of ether oxygens (including phenoxy) is 1. The van der Waals surface area contributed by atoms with Gasteiger partial charge in [-0.2, -0.15) is 0 Å². The molecular weight excluding hydrogens is 274 g/mol. The Hall–Kier alpha value is -2.08. The average molecular weight is 293 g/mol. The molecule has 0 aromatic heterocycles. The number of anilines is 1. The zero-order valence-corrected chi connectivity index (χ0v) is 12.3. The van der Waals surface area contributed by atoms with E-state index < -0.39 is 17.6 Å². The number of aliphatic carboxylic acids is 1. The van der Waals surface area contributed by atoms with Gasteiger partial charge >= 0.3 is 5.97 Å². The number of carboxylic acid groups (broad SMARTS) is 1. The van der Waals surface area contributed by atoms with Gasteiger partial charge in [0.25, 0.3) is 5.91 Å². The summed E-state index contributed by atoms with van der Waals surface area (Å²) in [7, 11) is 0. The molecule has 1 aliphatic heterocycles. The molecule has 1 atom stereocenters. The first-order chi connectivity index (χ1) is 9.81. The van der Waals surface area contributed by atoms with Crippen molar-refractivity contribution < 1.29 is 24.5 Å². The van der Waals surface area contributed by atoms with Crippen LogP contribution in [0.5, 0.6) is 5.75 Å². The van der Waals surface area contributed by atoms with E-state index in [-0.39, 0.29) is 12.5 Å². The highest BCUT2D eigenvalue weighted by molar-refractivity contribution is 6.06. The summed E-state index contributed by atoms with van der Waals surface area (Å²) in [6, 6.07) is 3.94. The predicted octanol–water partition coefficient (Wildman–Crippen LogP) is 1.55. The summed E-state index contributed by atoms with van der Waals surface area (Å²) >= 11 is 0. The van der Waals surface area contributed by atoms with Crippen molar-refractivity contribution in [3.8, 4) is 5.75 Å². The van der Waals surface area contributed by atoms with Crippen molar-refractivity contribution in [2.45, 2.75) is 45.4 Å². The number of hydrogen-bond acceptors (Lipinski definition) is 4. The molecule has 1 amide bonds. The van der Waals surface area contributed by atoms with Gasteiger partial charge in [-0.15, -0.1) is 0 Å². The minimum absolute atomic E-state index is 0.152. The quantitative estimate of drug-likeness (QED) is 0.879. The van der Waals surface area contributed by atoms with Crippen LogP contribution in [0.2, 0.25) is 0 Å². The molecule has 6 heteroatoms. The van der Waals surface area contributed by atoms with Crippen LogP contribution in [0.1, 0.15) is 32.8 Å². The minimum atomic E-state index is -1.15. The standard InChI is InChI=1S/C15H19NO5/c1-4-10(13(18)19)16-11-6-5-9(8-17)7-12(11)21-15(2,3)14(16)20/h5-7,10,17H,4,8H2,1-3H3,(H,18,19). The number of hydrogen-bond donors (Lipinski definition) is 2. The summed E-state index contributed by atoms with van der Waals surface area (Å²) < 4.78 is 5.68. The van der Waals surface area contributed by atoms with Gasteiger partial charge in [0.2, 0.25) is 0 Å². The number of aliphatic hydroxyl groups excluding tert-OH is 1. The number of fused-ring (bicyclic) bond motifs is 1. The molecule has 6 nitrogen and oxygen atoms in total. The molecular formula is C15H19NO5. The fourth-order valence-electron chi connectivity index (χ4n) is 2.43. The molecule has 0 saturated carbocycles. The summed E-state index contributed by atoms with van der Waals surface area (Å²) in [6.45, 7) is 4.77. The van der Waals surface area contributed by atoms with E-state index in [1.54, 1.807) is 39.0 Å². The smallest absolute Gasteiger partial charge is 0.326 e. The maximum atomic E-state index is 12.6. The van der Waals surface area contributed by atoms with E-state index >= 15 is 0 Å². The summed E-state index contributed by atoms with van der Waals surface area (Å²) in [6.07, 6.45) is 0.290. The molecule has 114 valence electrons. The number of rotatable bonds is 4. The molecule has 0 fully saturated rings. The van der Waals surface area contributed by atoms with Crippen LogP contribution in [0.15, 0.2) is 18.2 Å². The van der Waals surface area contributed by atoms with Crippen LogP contribution in [0, 0.1) is 0 Å². The molecule has 2 rings (SSSR count). The van der Waals surface area contributed by atoms with Crippen molar-refractivity contribution >= 4 is 17.6 Å². The summed E-state index contributed by atoms with van der Waals surface area (Å²) in [5, 5.41) is 18.6. The van der Waals surface area contributed by atoms with Crippen LogP contribution >= 0.6 is 0 Å². The third-order valence-corrected chi connectivity index (χ3v) is 3.55. The highest BCUT2D eigenvalue weighted by Crippen LogP contribution is 2.40. The third-order valence-electron chi connectivity index (χ3n) is 3.55. The fraction of sp³-hybridized carbons (Fsp3) is 0.467. The summed E-state index contributed by atoms with van der Waals surface area (Å²) in [4.78, 5) is 25.3. The first-order valence-corrected chi connectivity index (χ1v) is 6.81. The van der Waals surface area contributed by atoms with E-state index in [2.05, 4.69) is 0 Å². The van der Waals surface area contributed by atoms with E-state index in [1.807, 2.05) is 0 Å².